The maximum atomic E-state index is 11.1. The predicted octanol–water partition coefficient (Wildman–Crippen LogP) is 3.79. The molecule has 9 heteroatoms. The topological polar surface area (TPSA) is 112 Å². The largest absolute Gasteiger partial charge is 1.00 e. The molecule has 0 spiro atoms. The van der Waals surface area contributed by atoms with Crippen molar-refractivity contribution in [2.24, 2.45) is 0 Å². The van der Waals surface area contributed by atoms with Crippen LogP contribution in [0.5, 0.6) is 0 Å². The van der Waals surface area contributed by atoms with Crippen molar-refractivity contribution in [2.75, 3.05) is 11.9 Å². The summed E-state index contributed by atoms with van der Waals surface area (Å²) in [6.45, 7) is 2.82. The maximum Gasteiger partial charge on any atom is 1.00 e. The Balaban J connectivity index is 0.00000961. The van der Waals surface area contributed by atoms with Crippen LogP contribution < -0.4 is 34.9 Å². The molecule has 0 saturated heterocycles. The summed E-state index contributed by atoms with van der Waals surface area (Å²) < 4.78 is 33.1. The van der Waals surface area contributed by atoms with Crippen LogP contribution in [-0.4, -0.2) is 24.4 Å². The van der Waals surface area contributed by atoms with Crippen molar-refractivity contribution in [3.8, 4) is 0 Å². The van der Waals surface area contributed by atoms with Gasteiger partial charge < -0.3 is 9.87 Å². The van der Waals surface area contributed by atoms with E-state index in [2.05, 4.69) is 12.2 Å². The second-order valence-corrected chi connectivity index (χ2v) is 9.65. The Bertz CT molecular complexity index is 744. The third kappa shape index (κ3) is 14.5. The van der Waals surface area contributed by atoms with E-state index in [9.17, 15) is 23.1 Å². The van der Waals surface area contributed by atoms with Gasteiger partial charge in [-0.3, -0.25) is 10.1 Å². The molecule has 7 nitrogen and oxygen atoms in total. The first-order valence-corrected chi connectivity index (χ1v) is 13.2. The first-order chi connectivity index (χ1) is 14.9. The van der Waals surface area contributed by atoms with Crippen LogP contribution in [0.4, 0.5) is 11.4 Å². The zero-order valence-corrected chi connectivity index (χ0v) is 22.8. The molecule has 0 atom stereocenters. The second-order valence-electron chi connectivity index (χ2n) is 8.27. The molecule has 0 unspecified atom stereocenters. The van der Waals surface area contributed by atoms with Crippen LogP contribution in [0, 0.1) is 10.1 Å². The van der Waals surface area contributed by atoms with E-state index in [0.717, 1.165) is 31.4 Å². The molecule has 0 heterocycles. The molecule has 1 rings (SSSR count). The number of anilines is 1. The SMILES string of the molecule is CCCCCCCCCCCCCCCCCNc1ccc(S(=O)(=O)[O-])cc1[N+](=O)[O-].[Na+]. The van der Waals surface area contributed by atoms with Crippen LogP contribution in [0.15, 0.2) is 23.1 Å². The first-order valence-electron chi connectivity index (χ1n) is 11.8. The van der Waals surface area contributed by atoms with E-state index in [4.69, 9.17) is 0 Å². The minimum atomic E-state index is -4.71. The number of nitro benzene ring substituents is 1. The predicted molar refractivity (Wildman–Crippen MR) is 124 cm³/mol. The molecular formula is C23H39N2NaO5S. The maximum absolute atomic E-state index is 11.1. The zero-order valence-electron chi connectivity index (χ0n) is 19.9. The molecule has 0 aliphatic heterocycles. The number of hydrogen-bond acceptors (Lipinski definition) is 6. The third-order valence-corrected chi connectivity index (χ3v) is 6.38. The van der Waals surface area contributed by atoms with Crippen LogP contribution in [0.2, 0.25) is 0 Å². The summed E-state index contributed by atoms with van der Waals surface area (Å²) in [5.74, 6) is 0. The van der Waals surface area contributed by atoms with Crippen molar-refractivity contribution >= 4 is 21.5 Å². The van der Waals surface area contributed by atoms with Gasteiger partial charge in [-0.05, 0) is 18.6 Å². The summed E-state index contributed by atoms with van der Waals surface area (Å²) in [4.78, 5) is 9.88. The molecule has 0 amide bonds. The molecule has 0 aliphatic carbocycles. The van der Waals surface area contributed by atoms with Gasteiger partial charge in [0.15, 0.2) is 0 Å². The number of hydrogen-bond donors (Lipinski definition) is 1. The normalized spacial score (nSPS) is 11.2. The average Bonchev–Trinajstić information content (AvgIpc) is 2.72. The summed E-state index contributed by atoms with van der Waals surface area (Å²) in [7, 11) is -4.71. The van der Waals surface area contributed by atoms with Gasteiger partial charge in [0.05, 0.1) is 9.82 Å². The fourth-order valence-electron chi connectivity index (χ4n) is 3.69. The Morgan fingerprint density at radius 3 is 1.66 bits per heavy atom. The molecule has 0 aliphatic rings. The van der Waals surface area contributed by atoms with Crippen molar-refractivity contribution in [3.63, 3.8) is 0 Å². The monoisotopic (exact) mass is 478 g/mol. The molecule has 1 aromatic rings. The van der Waals surface area contributed by atoms with E-state index in [1.165, 1.54) is 83.1 Å². The molecule has 32 heavy (non-hydrogen) atoms. The molecule has 0 radical (unpaired) electrons. The summed E-state index contributed by atoms with van der Waals surface area (Å²) in [5, 5.41) is 14.1. The van der Waals surface area contributed by atoms with Gasteiger partial charge in [-0.2, -0.15) is 0 Å². The van der Waals surface area contributed by atoms with E-state index in [-0.39, 0.29) is 35.2 Å². The van der Waals surface area contributed by atoms with Crippen molar-refractivity contribution in [1.29, 1.82) is 0 Å². The molecule has 0 bridgehead atoms. The minimum Gasteiger partial charge on any atom is -0.744 e. The molecular weight excluding hydrogens is 439 g/mol. The zero-order chi connectivity index (χ0) is 23.0. The summed E-state index contributed by atoms with van der Waals surface area (Å²) in [6, 6.07) is 3.20. The summed E-state index contributed by atoms with van der Waals surface area (Å²) >= 11 is 0. The van der Waals surface area contributed by atoms with Crippen LogP contribution in [-0.2, 0) is 10.1 Å². The number of benzene rings is 1. The van der Waals surface area contributed by atoms with Gasteiger partial charge in [0, 0.05) is 12.6 Å². The van der Waals surface area contributed by atoms with Gasteiger partial charge in [-0.1, -0.05) is 96.8 Å². The van der Waals surface area contributed by atoms with Crippen LogP contribution >= 0.6 is 0 Å². The van der Waals surface area contributed by atoms with Crippen LogP contribution in [0.3, 0.4) is 0 Å². The van der Waals surface area contributed by atoms with Crippen molar-refractivity contribution in [3.05, 3.63) is 28.3 Å². The smallest absolute Gasteiger partial charge is 0.744 e. The Morgan fingerprint density at radius 2 is 1.25 bits per heavy atom. The number of rotatable bonds is 19. The van der Waals surface area contributed by atoms with E-state index in [0.29, 0.717) is 6.54 Å². The van der Waals surface area contributed by atoms with E-state index in [1.54, 1.807) is 0 Å². The van der Waals surface area contributed by atoms with Gasteiger partial charge in [-0.15, -0.1) is 0 Å². The van der Waals surface area contributed by atoms with Gasteiger partial charge in [0.1, 0.15) is 15.8 Å². The number of nitrogens with one attached hydrogen (secondary N) is 1. The van der Waals surface area contributed by atoms with E-state index >= 15 is 0 Å². The molecule has 1 N–H and O–H groups in total. The Kier molecular flexibility index (Phi) is 18.3. The first kappa shape index (κ1) is 31.3. The number of nitrogens with zero attached hydrogens (tertiary/aromatic N) is 1. The molecule has 0 aromatic heterocycles. The minimum absolute atomic E-state index is 0. The van der Waals surface area contributed by atoms with Gasteiger partial charge in [0.25, 0.3) is 5.69 Å². The Hall–Kier alpha value is -0.670. The van der Waals surface area contributed by atoms with Crippen LogP contribution in [0.1, 0.15) is 103 Å². The van der Waals surface area contributed by atoms with Gasteiger partial charge >= 0.3 is 29.6 Å². The van der Waals surface area contributed by atoms with Gasteiger partial charge in [0.2, 0.25) is 0 Å². The standard InChI is InChI=1S/C23H40N2O5S.Na/c1-2-3-4-5-6-7-8-9-10-11-12-13-14-15-16-19-24-22-18-17-21(31(28,29)30)20-23(22)25(26)27;/h17-18,20,24H,2-16,19H2,1H3,(H,28,29,30);/q;+1/p-1. The fourth-order valence-corrected chi connectivity index (χ4v) is 4.18. The van der Waals surface area contributed by atoms with Crippen molar-refractivity contribution in [1.82, 2.24) is 0 Å². The number of unbranched alkanes of at least 4 members (excludes halogenated alkanes) is 14. The molecule has 1 aromatic carbocycles. The summed E-state index contributed by atoms with van der Waals surface area (Å²) in [6.07, 6.45) is 19.1. The molecule has 178 valence electrons. The van der Waals surface area contributed by atoms with E-state index in [1.807, 2.05) is 0 Å². The average molecular weight is 479 g/mol. The van der Waals surface area contributed by atoms with Crippen LogP contribution in [0.25, 0.3) is 0 Å². The molecule has 0 saturated carbocycles. The quantitative estimate of drug-likeness (QED) is 0.106. The van der Waals surface area contributed by atoms with E-state index < -0.39 is 25.6 Å². The van der Waals surface area contributed by atoms with Gasteiger partial charge in [-0.25, -0.2) is 8.42 Å². The Morgan fingerprint density at radius 1 is 0.812 bits per heavy atom. The fraction of sp³-hybridized carbons (Fsp3) is 0.739. The second kappa shape index (κ2) is 18.7. The summed E-state index contributed by atoms with van der Waals surface area (Å²) in [5.41, 5.74) is -0.152. The third-order valence-electron chi connectivity index (χ3n) is 5.55. The number of nitro groups is 1. The van der Waals surface area contributed by atoms with Crippen molar-refractivity contribution < 1.29 is 47.5 Å². The molecule has 0 fully saturated rings. The van der Waals surface area contributed by atoms with Crippen molar-refractivity contribution in [2.45, 2.75) is 108 Å². The Labute approximate surface area is 216 Å².